The molecule has 4 N–H and O–H groups in total. The predicted octanol–water partition coefficient (Wildman–Crippen LogP) is 3.50. The Bertz CT molecular complexity index is 818. The Morgan fingerprint density at radius 1 is 1.13 bits per heavy atom. The second-order valence-electron chi connectivity index (χ2n) is 5.78. The molecule has 0 fully saturated rings. The van der Waals surface area contributed by atoms with Crippen LogP contribution in [0.1, 0.15) is 25.6 Å². The molecule has 2 unspecified atom stereocenters. The number of hydrogen-bond donors (Lipinski definition) is 2. The molecule has 5 nitrogen and oxygen atoms in total. The van der Waals surface area contributed by atoms with E-state index in [1.54, 1.807) is 23.7 Å². The fourth-order valence-corrected chi connectivity index (χ4v) is 3.97. The molecule has 0 saturated heterocycles. The highest BCUT2D eigenvalue weighted by molar-refractivity contribution is 9.10. The molecule has 3 rings (SSSR count). The van der Waals surface area contributed by atoms with Gasteiger partial charge < -0.3 is 11.5 Å². The number of fused-ring (bicyclic) bond motifs is 1. The van der Waals surface area contributed by atoms with Gasteiger partial charge in [0.25, 0.3) is 0 Å². The molecule has 0 radical (unpaired) electrons. The number of rotatable bonds is 4. The quantitative estimate of drug-likeness (QED) is 0.709. The third kappa shape index (κ3) is 3.14. The predicted molar refractivity (Wildman–Crippen MR) is 98.1 cm³/mol. The van der Waals surface area contributed by atoms with E-state index in [1.165, 1.54) is 0 Å². The van der Waals surface area contributed by atoms with E-state index >= 15 is 0 Å². The van der Waals surface area contributed by atoms with Crippen LogP contribution in [0.4, 0.5) is 0 Å². The molecule has 0 aliphatic rings. The third-order valence-electron chi connectivity index (χ3n) is 3.84. The zero-order valence-electron chi connectivity index (χ0n) is 12.9. The van der Waals surface area contributed by atoms with E-state index in [0.717, 1.165) is 25.9 Å². The van der Waals surface area contributed by atoms with Crippen LogP contribution in [0.5, 0.6) is 0 Å². The average molecular weight is 392 g/mol. The average Bonchev–Trinajstić information content (AvgIpc) is 2.94. The van der Waals surface area contributed by atoms with E-state index in [2.05, 4.69) is 39.7 Å². The number of aromatic nitrogens is 3. The summed E-state index contributed by atoms with van der Waals surface area (Å²) in [6.07, 6.45) is 3.45. The summed E-state index contributed by atoms with van der Waals surface area (Å²) in [5, 5.41) is 2.01. The number of pyridine rings is 1. The maximum Gasteiger partial charge on any atom is 0.160 e. The zero-order valence-corrected chi connectivity index (χ0v) is 15.3. The minimum absolute atomic E-state index is 0.167. The first kappa shape index (κ1) is 16.4. The molecule has 3 aromatic rings. The molecule has 0 bridgehead atoms. The van der Waals surface area contributed by atoms with Gasteiger partial charge in [0.05, 0.1) is 26.4 Å². The number of nitrogens with two attached hydrogens (primary N) is 2. The molecule has 0 aromatic carbocycles. The maximum atomic E-state index is 6.43. The van der Waals surface area contributed by atoms with Crippen molar-refractivity contribution in [1.29, 1.82) is 0 Å². The van der Waals surface area contributed by atoms with Crippen LogP contribution in [0.3, 0.4) is 0 Å². The fraction of sp³-hybridized carbons (Fsp3) is 0.312. The summed E-state index contributed by atoms with van der Waals surface area (Å²) in [4.78, 5) is 13.5. The van der Waals surface area contributed by atoms with Crippen molar-refractivity contribution in [3.05, 3.63) is 40.1 Å². The van der Waals surface area contributed by atoms with Gasteiger partial charge in [-0.1, -0.05) is 13.8 Å². The summed E-state index contributed by atoms with van der Waals surface area (Å²) in [6.45, 7) is 4.13. The lowest BCUT2D eigenvalue weighted by atomic mass is 9.95. The fourth-order valence-electron chi connectivity index (χ4n) is 2.37. The number of thiophene rings is 1. The summed E-state index contributed by atoms with van der Waals surface area (Å²) in [5.74, 6) is 0.906. The molecule has 3 heterocycles. The lowest BCUT2D eigenvalue weighted by molar-refractivity contribution is 0.420. The van der Waals surface area contributed by atoms with Gasteiger partial charge in [-0.3, -0.25) is 4.98 Å². The van der Waals surface area contributed by atoms with Gasteiger partial charge in [-0.05, 0) is 34.0 Å². The van der Waals surface area contributed by atoms with Crippen molar-refractivity contribution in [1.82, 2.24) is 15.0 Å². The molecular weight excluding hydrogens is 374 g/mol. The third-order valence-corrected chi connectivity index (χ3v) is 5.74. The van der Waals surface area contributed by atoms with Crippen LogP contribution in [0.25, 0.3) is 21.6 Å². The number of nitrogens with zero attached hydrogens (tertiary/aromatic N) is 3. The highest BCUT2D eigenvalue weighted by Crippen LogP contribution is 2.35. The number of halogens is 1. The molecule has 3 aromatic heterocycles. The van der Waals surface area contributed by atoms with Gasteiger partial charge in [-0.15, -0.1) is 11.3 Å². The van der Waals surface area contributed by atoms with Crippen molar-refractivity contribution >= 4 is 37.5 Å². The van der Waals surface area contributed by atoms with Crippen LogP contribution >= 0.6 is 27.3 Å². The van der Waals surface area contributed by atoms with Crippen LogP contribution < -0.4 is 11.5 Å². The van der Waals surface area contributed by atoms with Crippen LogP contribution in [0, 0.1) is 5.92 Å². The summed E-state index contributed by atoms with van der Waals surface area (Å²) < 4.78 is 1.93. The minimum Gasteiger partial charge on any atom is -0.326 e. The molecule has 0 saturated carbocycles. The van der Waals surface area contributed by atoms with E-state index in [9.17, 15) is 0 Å². The molecule has 120 valence electrons. The van der Waals surface area contributed by atoms with Crippen LogP contribution in [0.15, 0.2) is 34.4 Å². The Hall–Kier alpha value is -1.41. The lowest BCUT2D eigenvalue weighted by Gasteiger charge is -2.23. The number of hydrogen-bond acceptors (Lipinski definition) is 6. The molecule has 2 atom stereocenters. The van der Waals surface area contributed by atoms with E-state index in [4.69, 9.17) is 16.5 Å². The normalized spacial score (nSPS) is 14.3. The largest absolute Gasteiger partial charge is 0.326 e. The van der Waals surface area contributed by atoms with Gasteiger partial charge in [0.2, 0.25) is 0 Å². The molecule has 7 heteroatoms. The van der Waals surface area contributed by atoms with Gasteiger partial charge in [0.15, 0.2) is 5.82 Å². The molecule has 0 aliphatic heterocycles. The first-order valence-corrected chi connectivity index (χ1v) is 9.02. The Morgan fingerprint density at radius 2 is 1.83 bits per heavy atom. The van der Waals surface area contributed by atoms with Gasteiger partial charge in [-0.2, -0.15) is 0 Å². The molecule has 0 amide bonds. The molecule has 0 spiro atoms. The topological polar surface area (TPSA) is 90.7 Å². The Morgan fingerprint density at radius 3 is 2.48 bits per heavy atom. The summed E-state index contributed by atoms with van der Waals surface area (Å²) in [7, 11) is 0. The summed E-state index contributed by atoms with van der Waals surface area (Å²) in [6, 6.07) is 3.27. The van der Waals surface area contributed by atoms with Crippen molar-refractivity contribution < 1.29 is 0 Å². The van der Waals surface area contributed by atoms with Crippen LogP contribution in [-0.4, -0.2) is 21.0 Å². The summed E-state index contributed by atoms with van der Waals surface area (Å²) in [5.41, 5.74) is 15.3. The van der Waals surface area contributed by atoms with Crippen molar-refractivity contribution in [2.45, 2.75) is 25.9 Å². The molecular formula is C16H18BrN5S. The zero-order chi connectivity index (χ0) is 16.6. The lowest BCUT2D eigenvalue weighted by Crippen LogP contribution is -2.38. The van der Waals surface area contributed by atoms with Crippen molar-refractivity contribution in [3.63, 3.8) is 0 Å². The Kier molecular flexibility index (Phi) is 4.72. The highest BCUT2D eigenvalue weighted by Gasteiger charge is 2.24. The second kappa shape index (κ2) is 6.60. The monoisotopic (exact) mass is 391 g/mol. The first-order valence-electron chi connectivity index (χ1n) is 7.35. The Balaban J connectivity index is 2.20. The maximum absolute atomic E-state index is 6.43. The van der Waals surface area contributed by atoms with Crippen molar-refractivity contribution in [2.24, 2.45) is 17.4 Å². The van der Waals surface area contributed by atoms with Gasteiger partial charge in [0, 0.05) is 29.4 Å². The van der Waals surface area contributed by atoms with Gasteiger partial charge in [0.1, 0.15) is 0 Å². The SMILES string of the molecule is CC(C)C(N)C(N)c1nc(-c2ccncc2)nc2c(Br)csc12. The van der Waals surface area contributed by atoms with E-state index < -0.39 is 0 Å². The van der Waals surface area contributed by atoms with Crippen molar-refractivity contribution in [3.8, 4) is 11.4 Å². The Labute approximate surface area is 147 Å². The minimum atomic E-state index is -0.341. The van der Waals surface area contributed by atoms with E-state index in [1.807, 2.05) is 17.5 Å². The van der Waals surface area contributed by atoms with Crippen LogP contribution in [0.2, 0.25) is 0 Å². The highest BCUT2D eigenvalue weighted by atomic mass is 79.9. The van der Waals surface area contributed by atoms with E-state index in [-0.39, 0.29) is 18.0 Å². The second-order valence-corrected chi connectivity index (χ2v) is 7.51. The summed E-state index contributed by atoms with van der Waals surface area (Å²) >= 11 is 5.14. The smallest absolute Gasteiger partial charge is 0.160 e. The molecule has 23 heavy (non-hydrogen) atoms. The van der Waals surface area contributed by atoms with Crippen LogP contribution in [-0.2, 0) is 0 Å². The van der Waals surface area contributed by atoms with Crippen molar-refractivity contribution in [2.75, 3.05) is 0 Å². The standard InChI is InChI=1S/C16H18BrN5S/c1-8(2)11(18)12(19)14-15-13(10(17)7-23-15)21-16(22-14)9-3-5-20-6-4-9/h3-8,11-12H,18-19H2,1-2H3. The first-order chi connectivity index (χ1) is 11.0. The van der Waals surface area contributed by atoms with Gasteiger partial charge in [-0.25, -0.2) is 9.97 Å². The van der Waals surface area contributed by atoms with E-state index in [0.29, 0.717) is 5.82 Å². The molecule has 0 aliphatic carbocycles. The van der Waals surface area contributed by atoms with Gasteiger partial charge >= 0.3 is 0 Å².